The molecule has 1 aliphatic carbocycles. The van der Waals surface area contributed by atoms with Gasteiger partial charge in [-0.1, -0.05) is 79.3 Å². The summed E-state index contributed by atoms with van der Waals surface area (Å²) in [6.45, 7) is 13.2. The van der Waals surface area contributed by atoms with Crippen molar-refractivity contribution in [3.8, 4) is 0 Å². The number of rotatable bonds is 6. The Labute approximate surface area is 148 Å². The predicted molar refractivity (Wildman–Crippen MR) is 109 cm³/mol. The van der Waals surface area contributed by atoms with Gasteiger partial charge in [-0.25, -0.2) is 0 Å². The van der Waals surface area contributed by atoms with E-state index in [0.717, 1.165) is 19.3 Å². The first-order chi connectivity index (χ1) is 11.6. The van der Waals surface area contributed by atoms with Gasteiger partial charge in [0.05, 0.1) is 0 Å². The van der Waals surface area contributed by atoms with Gasteiger partial charge in [0.25, 0.3) is 0 Å². The van der Waals surface area contributed by atoms with Gasteiger partial charge < -0.3 is 0 Å². The fourth-order valence-corrected chi connectivity index (χ4v) is 3.34. The summed E-state index contributed by atoms with van der Waals surface area (Å²) in [5.41, 5.74) is 7.96. The number of benzene rings is 1. The third-order valence-electron chi connectivity index (χ3n) is 4.84. The minimum atomic E-state index is 0.530. The monoisotopic (exact) mass is 318 g/mol. The van der Waals surface area contributed by atoms with Crippen LogP contribution in [-0.4, -0.2) is 0 Å². The third kappa shape index (κ3) is 4.26. The van der Waals surface area contributed by atoms with E-state index in [4.69, 9.17) is 0 Å². The van der Waals surface area contributed by atoms with Crippen LogP contribution in [0.2, 0.25) is 0 Å². The molecule has 0 bridgehead atoms. The third-order valence-corrected chi connectivity index (χ3v) is 4.84. The normalized spacial score (nSPS) is 18.5. The average molecular weight is 319 g/mol. The molecule has 0 N–H and O–H groups in total. The SMILES string of the molecule is C=C(C1=CC(C)=C(C)CC1CC=CCC)c1ccccc1/C=C\C. The summed E-state index contributed by atoms with van der Waals surface area (Å²) in [6.07, 6.45) is 14.6. The fraction of sp³-hybridized carbons (Fsp3) is 0.333. The van der Waals surface area contributed by atoms with Crippen molar-refractivity contribution < 1.29 is 0 Å². The molecule has 2 rings (SSSR count). The van der Waals surface area contributed by atoms with Crippen LogP contribution in [0, 0.1) is 5.92 Å². The van der Waals surface area contributed by atoms with Crippen molar-refractivity contribution in [2.24, 2.45) is 5.92 Å². The molecule has 0 radical (unpaired) electrons. The van der Waals surface area contributed by atoms with Crippen LogP contribution in [0.15, 0.2) is 71.9 Å². The highest BCUT2D eigenvalue weighted by Crippen LogP contribution is 2.39. The van der Waals surface area contributed by atoms with Gasteiger partial charge in [-0.2, -0.15) is 0 Å². The number of allylic oxidation sites excluding steroid dienone is 8. The highest BCUT2D eigenvalue weighted by atomic mass is 14.3. The van der Waals surface area contributed by atoms with Crippen LogP contribution in [0.5, 0.6) is 0 Å². The molecule has 0 saturated heterocycles. The van der Waals surface area contributed by atoms with E-state index in [0.29, 0.717) is 5.92 Å². The minimum Gasteiger partial charge on any atom is -0.0908 e. The second kappa shape index (κ2) is 8.68. The quantitative estimate of drug-likeness (QED) is 0.480. The van der Waals surface area contributed by atoms with Crippen LogP contribution in [0.4, 0.5) is 0 Å². The van der Waals surface area contributed by atoms with Crippen LogP contribution >= 0.6 is 0 Å². The number of hydrogen-bond donors (Lipinski definition) is 0. The zero-order chi connectivity index (χ0) is 17.5. The molecule has 1 aromatic rings. The molecule has 1 aliphatic rings. The van der Waals surface area contributed by atoms with Gasteiger partial charge >= 0.3 is 0 Å². The summed E-state index contributed by atoms with van der Waals surface area (Å²) in [5, 5.41) is 0. The Bertz CT molecular complexity index is 707. The van der Waals surface area contributed by atoms with Gasteiger partial charge in [-0.15, -0.1) is 0 Å². The fourth-order valence-electron chi connectivity index (χ4n) is 3.34. The second-order valence-electron chi connectivity index (χ2n) is 6.65. The molecule has 0 amide bonds. The van der Waals surface area contributed by atoms with Crippen molar-refractivity contribution in [2.45, 2.75) is 47.0 Å². The highest BCUT2D eigenvalue weighted by molar-refractivity contribution is 5.83. The molecular formula is C24H30. The van der Waals surface area contributed by atoms with Crippen molar-refractivity contribution in [3.63, 3.8) is 0 Å². The second-order valence-corrected chi connectivity index (χ2v) is 6.65. The smallest absolute Gasteiger partial charge is 0.00840 e. The molecule has 0 aliphatic heterocycles. The molecule has 0 heterocycles. The largest absolute Gasteiger partial charge is 0.0908 e. The lowest BCUT2D eigenvalue weighted by molar-refractivity contribution is 0.618. The molecule has 0 aromatic heterocycles. The van der Waals surface area contributed by atoms with Crippen molar-refractivity contribution in [1.82, 2.24) is 0 Å². The van der Waals surface area contributed by atoms with Crippen LogP contribution in [0.1, 0.15) is 58.1 Å². The Morgan fingerprint density at radius 1 is 1.21 bits per heavy atom. The van der Waals surface area contributed by atoms with E-state index >= 15 is 0 Å². The highest BCUT2D eigenvalue weighted by Gasteiger charge is 2.22. The van der Waals surface area contributed by atoms with Gasteiger partial charge in [0.15, 0.2) is 0 Å². The summed E-state index contributed by atoms with van der Waals surface area (Å²) in [6, 6.07) is 8.57. The van der Waals surface area contributed by atoms with Crippen molar-refractivity contribution in [3.05, 3.63) is 83.0 Å². The summed E-state index contributed by atoms with van der Waals surface area (Å²) in [4.78, 5) is 0. The topological polar surface area (TPSA) is 0 Å². The summed E-state index contributed by atoms with van der Waals surface area (Å²) >= 11 is 0. The molecule has 1 unspecified atom stereocenters. The van der Waals surface area contributed by atoms with E-state index in [1.165, 1.54) is 33.4 Å². The van der Waals surface area contributed by atoms with E-state index in [1.807, 2.05) is 0 Å². The number of hydrogen-bond acceptors (Lipinski definition) is 0. The van der Waals surface area contributed by atoms with Crippen molar-refractivity contribution in [2.75, 3.05) is 0 Å². The maximum absolute atomic E-state index is 4.48. The Morgan fingerprint density at radius 2 is 1.96 bits per heavy atom. The van der Waals surface area contributed by atoms with Crippen LogP contribution < -0.4 is 0 Å². The summed E-state index contributed by atoms with van der Waals surface area (Å²) < 4.78 is 0. The maximum Gasteiger partial charge on any atom is -0.00840 e. The first-order valence-corrected chi connectivity index (χ1v) is 9.02. The van der Waals surface area contributed by atoms with Crippen LogP contribution in [-0.2, 0) is 0 Å². The van der Waals surface area contributed by atoms with Gasteiger partial charge in [0.2, 0.25) is 0 Å². The molecule has 0 heteroatoms. The molecule has 0 nitrogen and oxygen atoms in total. The lowest BCUT2D eigenvalue weighted by Crippen LogP contribution is -2.11. The van der Waals surface area contributed by atoms with E-state index < -0.39 is 0 Å². The van der Waals surface area contributed by atoms with Crippen molar-refractivity contribution in [1.29, 1.82) is 0 Å². The summed E-state index contributed by atoms with van der Waals surface area (Å²) in [7, 11) is 0. The van der Waals surface area contributed by atoms with E-state index in [1.54, 1.807) is 0 Å². The van der Waals surface area contributed by atoms with Crippen LogP contribution in [0.3, 0.4) is 0 Å². The lowest BCUT2D eigenvalue weighted by Gasteiger charge is -2.27. The Kier molecular flexibility index (Phi) is 6.61. The van der Waals surface area contributed by atoms with Crippen molar-refractivity contribution >= 4 is 11.6 Å². The van der Waals surface area contributed by atoms with Gasteiger partial charge in [-0.05, 0) is 68.2 Å². The zero-order valence-electron chi connectivity index (χ0n) is 15.6. The molecule has 0 spiro atoms. The molecule has 0 saturated carbocycles. The van der Waals surface area contributed by atoms with Gasteiger partial charge in [0, 0.05) is 0 Å². The first kappa shape index (κ1) is 18.3. The van der Waals surface area contributed by atoms with E-state index in [2.05, 4.69) is 88.9 Å². The molecule has 24 heavy (non-hydrogen) atoms. The molecule has 1 atom stereocenters. The Balaban J connectivity index is 2.40. The van der Waals surface area contributed by atoms with Gasteiger partial charge in [0.1, 0.15) is 0 Å². The molecule has 0 fully saturated rings. The molecule has 126 valence electrons. The minimum absolute atomic E-state index is 0.530. The molecular weight excluding hydrogens is 288 g/mol. The zero-order valence-corrected chi connectivity index (χ0v) is 15.6. The summed E-state index contributed by atoms with van der Waals surface area (Å²) in [5.74, 6) is 0.530. The average Bonchev–Trinajstić information content (AvgIpc) is 2.58. The van der Waals surface area contributed by atoms with Crippen LogP contribution in [0.25, 0.3) is 11.6 Å². The predicted octanol–water partition coefficient (Wildman–Crippen LogP) is 7.37. The maximum atomic E-state index is 4.48. The lowest BCUT2D eigenvalue weighted by atomic mass is 9.77. The van der Waals surface area contributed by atoms with E-state index in [9.17, 15) is 0 Å². The molecule has 1 aromatic carbocycles. The Morgan fingerprint density at radius 3 is 2.67 bits per heavy atom. The van der Waals surface area contributed by atoms with Gasteiger partial charge in [-0.3, -0.25) is 0 Å². The first-order valence-electron chi connectivity index (χ1n) is 9.02. The van der Waals surface area contributed by atoms with E-state index in [-0.39, 0.29) is 0 Å². The standard InChI is InChI=1S/C24H30/c1-6-8-9-14-22-16-18(3)19(4)17-24(22)20(5)23-15-11-10-13-21(23)12-7-2/h7-13,15,17,22H,5-6,14,16H2,1-4H3/b9-8?,12-7-. The Hall–Kier alpha value is -2.08.